The van der Waals surface area contributed by atoms with Gasteiger partial charge in [0.05, 0.1) is 6.61 Å². The lowest BCUT2D eigenvalue weighted by molar-refractivity contribution is 0.330. The van der Waals surface area contributed by atoms with E-state index in [2.05, 4.69) is 49.7 Å². The van der Waals surface area contributed by atoms with Crippen LogP contribution in [-0.4, -0.2) is 6.61 Å². The van der Waals surface area contributed by atoms with Crippen LogP contribution in [0.5, 0.6) is 5.75 Å². The maximum Gasteiger partial charge on any atom is 0.124 e. The lowest BCUT2D eigenvalue weighted by Crippen LogP contribution is -2.17. The molecule has 1 aliphatic carbocycles. The Balaban J connectivity index is 2.34. The first-order valence-corrected chi connectivity index (χ1v) is 7.70. The third-order valence-corrected chi connectivity index (χ3v) is 5.62. The fourth-order valence-electron chi connectivity index (χ4n) is 3.39. The zero-order valence-corrected chi connectivity index (χ0v) is 14.0. The first-order chi connectivity index (χ1) is 8.73. The van der Waals surface area contributed by atoms with Crippen molar-refractivity contribution in [2.45, 2.75) is 40.7 Å². The van der Waals surface area contributed by atoms with Crippen LogP contribution in [0.15, 0.2) is 22.7 Å². The second-order valence-electron chi connectivity index (χ2n) is 6.56. The third kappa shape index (κ3) is 2.31. The molecule has 1 aromatic rings. The summed E-state index contributed by atoms with van der Waals surface area (Å²) in [6, 6.07) is 6.12. The minimum absolute atomic E-state index is 0.0176. The molecule has 2 nitrogen and oxygen atoms in total. The molecule has 0 aromatic heterocycles. The summed E-state index contributed by atoms with van der Waals surface area (Å²) in [6.45, 7) is 11.9. The standard InChI is InChI=1S/C16H24BrNO/c1-6-19-12-8-7-10(17)9-11(12)13(18)14-15(2,3)16(14,4)5/h7-9,13-14H,6,18H2,1-5H3. The number of hydrogen-bond donors (Lipinski definition) is 1. The summed E-state index contributed by atoms with van der Waals surface area (Å²) >= 11 is 3.53. The molecule has 0 radical (unpaired) electrons. The number of benzene rings is 1. The van der Waals surface area contributed by atoms with Gasteiger partial charge in [-0.2, -0.15) is 0 Å². The first-order valence-electron chi connectivity index (χ1n) is 6.91. The molecule has 1 fully saturated rings. The van der Waals surface area contributed by atoms with Gasteiger partial charge in [0.2, 0.25) is 0 Å². The molecular weight excluding hydrogens is 302 g/mol. The van der Waals surface area contributed by atoms with Crippen LogP contribution in [0.1, 0.15) is 46.2 Å². The first kappa shape index (κ1) is 14.9. The van der Waals surface area contributed by atoms with E-state index in [4.69, 9.17) is 10.5 Å². The summed E-state index contributed by atoms with van der Waals surface area (Å²) in [7, 11) is 0. The largest absolute Gasteiger partial charge is 0.494 e. The lowest BCUT2D eigenvalue weighted by atomic mass is 9.96. The summed E-state index contributed by atoms with van der Waals surface area (Å²) in [5, 5.41) is 0. The molecule has 2 rings (SSSR count). The van der Waals surface area contributed by atoms with Crippen LogP contribution in [0.3, 0.4) is 0 Å². The zero-order chi connectivity index (χ0) is 14.4. The lowest BCUT2D eigenvalue weighted by Gasteiger charge is -2.19. The van der Waals surface area contributed by atoms with Gasteiger partial charge in [-0.15, -0.1) is 0 Å². The van der Waals surface area contributed by atoms with Crippen LogP contribution in [0.25, 0.3) is 0 Å². The van der Waals surface area contributed by atoms with E-state index >= 15 is 0 Å². The van der Waals surface area contributed by atoms with Gasteiger partial charge in [-0.25, -0.2) is 0 Å². The highest BCUT2D eigenvalue weighted by Crippen LogP contribution is 2.72. The van der Waals surface area contributed by atoms with Gasteiger partial charge in [0.1, 0.15) is 5.75 Å². The van der Waals surface area contributed by atoms with Crippen molar-refractivity contribution in [3.05, 3.63) is 28.2 Å². The Kier molecular flexibility index (Phi) is 3.74. The average Bonchev–Trinajstić information content (AvgIpc) is 2.71. The number of rotatable bonds is 4. The minimum Gasteiger partial charge on any atom is -0.494 e. The smallest absolute Gasteiger partial charge is 0.124 e. The van der Waals surface area contributed by atoms with Crippen molar-refractivity contribution in [1.82, 2.24) is 0 Å². The topological polar surface area (TPSA) is 35.2 Å². The van der Waals surface area contributed by atoms with E-state index < -0.39 is 0 Å². The molecule has 19 heavy (non-hydrogen) atoms. The van der Waals surface area contributed by atoms with Crippen LogP contribution in [0.4, 0.5) is 0 Å². The van der Waals surface area contributed by atoms with Gasteiger partial charge in [0.15, 0.2) is 0 Å². The predicted molar refractivity (Wildman–Crippen MR) is 83.3 cm³/mol. The highest BCUT2D eigenvalue weighted by Gasteiger charge is 2.66. The van der Waals surface area contributed by atoms with Crippen molar-refractivity contribution in [3.63, 3.8) is 0 Å². The Morgan fingerprint density at radius 2 is 1.84 bits per heavy atom. The van der Waals surface area contributed by atoms with Crippen molar-refractivity contribution < 1.29 is 4.74 Å². The molecule has 0 spiro atoms. The molecule has 1 atom stereocenters. The molecule has 0 heterocycles. The predicted octanol–water partition coefficient (Wildman–Crippen LogP) is 4.53. The number of ether oxygens (including phenoxy) is 1. The Labute approximate surface area is 124 Å². The van der Waals surface area contributed by atoms with Crippen molar-refractivity contribution >= 4 is 15.9 Å². The van der Waals surface area contributed by atoms with Crippen LogP contribution in [0.2, 0.25) is 0 Å². The van der Waals surface area contributed by atoms with Gasteiger partial charge in [0.25, 0.3) is 0 Å². The number of halogens is 1. The summed E-state index contributed by atoms with van der Waals surface area (Å²) in [4.78, 5) is 0. The van der Waals surface area contributed by atoms with Crippen molar-refractivity contribution in [2.24, 2.45) is 22.5 Å². The number of hydrogen-bond acceptors (Lipinski definition) is 2. The van der Waals surface area contributed by atoms with Gasteiger partial charge in [0, 0.05) is 16.1 Å². The summed E-state index contributed by atoms with van der Waals surface area (Å²) in [5.74, 6) is 1.39. The third-order valence-electron chi connectivity index (χ3n) is 5.12. The molecule has 0 saturated heterocycles. The molecule has 1 unspecified atom stereocenters. The van der Waals surface area contributed by atoms with E-state index in [1.54, 1.807) is 0 Å². The van der Waals surface area contributed by atoms with Crippen molar-refractivity contribution in [2.75, 3.05) is 6.61 Å². The van der Waals surface area contributed by atoms with Crippen molar-refractivity contribution in [3.8, 4) is 5.75 Å². The maximum atomic E-state index is 6.55. The van der Waals surface area contributed by atoms with E-state index in [1.807, 2.05) is 19.1 Å². The second-order valence-corrected chi connectivity index (χ2v) is 7.48. The second kappa shape index (κ2) is 4.78. The van der Waals surface area contributed by atoms with Gasteiger partial charge >= 0.3 is 0 Å². The molecule has 1 saturated carbocycles. The Hall–Kier alpha value is -0.540. The summed E-state index contributed by atoms with van der Waals surface area (Å²) in [6.07, 6.45) is 0. The van der Waals surface area contributed by atoms with Crippen LogP contribution in [-0.2, 0) is 0 Å². The van der Waals surface area contributed by atoms with Crippen LogP contribution >= 0.6 is 15.9 Å². The quantitative estimate of drug-likeness (QED) is 0.882. The minimum atomic E-state index is 0.0176. The van der Waals surface area contributed by atoms with E-state index in [1.165, 1.54) is 0 Å². The Morgan fingerprint density at radius 3 is 2.32 bits per heavy atom. The maximum absolute atomic E-state index is 6.55. The van der Waals surface area contributed by atoms with E-state index in [-0.39, 0.29) is 16.9 Å². The molecule has 0 amide bonds. The van der Waals surface area contributed by atoms with Crippen molar-refractivity contribution in [1.29, 1.82) is 0 Å². The van der Waals surface area contributed by atoms with E-state index in [9.17, 15) is 0 Å². The van der Waals surface area contributed by atoms with Crippen LogP contribution in [0, 0.1) is 16.7 Å². The Bertz CT molecular complexity index is 468. The molecule has 3 heteroatoms. The number of nitrogens with two attached hydrogens (primary N) is 1. The zero-order valence-electron chi connectivity index (χ0n) is 12.5. The monoisotopic (exact) mass is 325 g/mol. The SMILES string of the molecule is CCOc1ccc(Br)cc1C(N)C1C(C)(C)C1(C)C. The summed E-state index contributed by atoms with van der Waals surface area (Å²) in [5.41, 5.74) is 8.21. The molecule has 106 valence electrons. The van der Waals surface area contributed by atoms with E-state index in [0.29, 0.717) is 12.5 Å². The average molecular weight is 326 g/mol. The molecule has 1 aliphatic rings. The Morgan fingerprint density at radius 1 is 1.26 bits per heavy atom. The van der Waals surface area contributed by atoms with Gasteiger partial charge < -0.3 is 10.5 Å². The molecule has 0 aliphatic heterocycles. The van der Waals surface area contributed by atoms with E-state index in [0.717, 1.165) is 15.8 Å². The van der Waals surface area contributed by atoms with Gasteiger partial charge in [-0.3, -0.25) is 0 Å². The summed E-state index contributed by atoms with van der Waals surface area (Å²) < 4.78 is 6.78. The molecule has 1 aromatic carbocycles. The van der Waals surface area contributed by atoms with Gasteiger partial charge in [-0.05, 0) is 41.9 Å². The highest BCUT2D eigenvalue weighted by atomic mass is 79.9. The highest BCUT2D eigenvalue weighted by molar-refractivity contribution is 9.10. The normalized spacial score (nSPS) is 22.1. The fourth-order valence-corrected chi connectivity index (χ4v) is 3.77. The fraction of sp³-hybridized carbons (Fsp3) is 0.625. The molecule has 2 N–H and O–H groups in total. The molecular formula is C16H24BrNO. The van der Waals surface area contributed by atoms with Crippen LogP contribution < -0.4 is 10.5 Å². The molecule has 0 bridgehead atoms. The van der Waals surface area contributed by atoms with Gasteiger partial charge in [-0.1, -0.05) is 43.6 Å².